The van der Waals surface area contributed by atoms with E-state index in [1.165, 1.54) is 0 Å². The molecule has 3 heteroatoms. The number of hydrogen-bond donors (Lipinski definition) is 2. The fraction of sp³-hybridized carbons (Fsp3) is 0.375. The highest BCUT2D eigenvalue weighted by Crippen LogP contribution is 2.31. The van der Waals surface area contributed by atoms with E-state index in [1.807, 2.05) is 12.2 Å². The number of carbonyl (C=O) groups is 1. The topological polar surface area (TPSA) is 49.3 Å². The fourth-order valence-corrected chi connectivity index (χ4v) is 1.68. The first-order valence-corrected chi connectivity index (χ1v) is 3.64. The lowest BCUT2D eigenvalue weighted by Gasteiger charge is -2.05. The van der Waals surface area contributed by atoms with Gasteiger partial charge in [-0.3, -0.25) is 4.79 Å². The Labute approximate surface area is 64.4 Å². The molecular weight excluding hydrogens is 142 g/mol. The van der Waals surface area contributed by atoms with E-state index in [-0.39, 0.29) is 17.9 Å². The van der Waals surface area contributed by atoms with Crippen LogP contribution in [0, 0.1) is 5.92 Å². The second-order valence-corrected chi connectivity index (χ2v) is 2.85. The summed E-state index contributed by atoms with van der Waals surface area (Å²) < 4.78 is 0. The van der Waals surface area contributed by atoms with Crippen molar-refractivity contribution in [1.82, 2.24) is 5.32 Å². The van der Waals surface area contributed by atoms with Crippen LogP contribution in [0.1, 0.15) is 6.42 Å². The van der Waals surface area contributed by atoms with Gasteiger partial charge < -0.3 is 10.4 Å². The molecule has 3 nitrogen and oxygen atoms in total. The molecule has 0 spiro atoms. The number of nitrogens with one attached hydrogen (secondary N) is 1. The van der Waals surface area contributed by atoms with Crippen molar-refractivity contribution in [2.45, 2.75) is 12.5 Å². The van der Waals surface area contributed by atoms with E-state index in [4.69, 9.17) is 5.11 Å². The number of fused-ring (bicyclic) bond motifs is 1. The van der Waals surface area contributed by atoms with Gasteiger partial charge in [-0.2, -0.15) is 0 Å². The average molecular weight is 151 g/mol. The van der Waals surface area contributed by atoms with Crippen LogP contribution in [-0.4, -0.2) is 17.1 Å². The van der Waals surface area contributed by atoms with E-state index in [0.717, 1.165) is 12.7 Å². The van der Waals surface area contributed by atoms with Crippen LogP contribution < -0.4 is 5.32 Å². The van der Waals surface area contributed by atoms with Gasteiger partial charge in [-0.25, -0.2) is 0 Å². The average Bonchev–Trinajstić information content (AvgIpc) is 2.46. The van der Waals surface area contributed by atoms with Crippen molar-refractivity contribution >= 4 is 5.91 Å². The van der Waals surface area contributed by atoms with E-state index in [9.17, 15) is 4.79 Å². The molecule has 0 saturated carbocycles. The van der Waals surface area contributed by atoms with E-state index >= 15 is 0 Å². The summed E-state index contributed by atoms with van der Waals surface area (Å²) in [6.07, 6.45) is 5.78. The van der Waals surface area contributed by atoms with Crippen molar-refractivity contribution in [1.29, 1.82) is 0 Å². The molecule has 1 aliphatic carbocycles. The summed E-state index contributed by atoms with van der Waals surface area (Å²) in [6.45, 7) is 0. The smallest absolute Gasteiger partial charge is 0.251 e. The third-order valence-electron chi connectivity index (χ3n) is 2.27. The zero-order valence-electron chi connectivity index (χ0n) is 5.95. The Morgan fingerprint density at radius 2 is 2.55 bits per heavy atom. The molecule has 0 unspecified atom stereocenters. The molecule has 58 valence electrons. The van der Waals surface area contributed by atoms with E-state index < -0.39 is 0 Å². The number of aliphatic hydroxyl groups excluding tert-OH is 1. The largest absolute Gasteiger partial charge is 0.515 e. The van der Waals surface area contributed by atoms with Gasteiger partial charge in [0.15, 0.2) is 0 Å². The van der Waals surface area contributed by atoms with Crippen LogP contribution in [0.4, 0.5) is 0 Å². The Morgan fingerprint density at radius 3 is 3.27 bits per heavy atom. The molecule has 1 fully saturated rings. The van der Waals surface area contributed by atoms with Crippen molar-refractivity contribution in [2.24, 2.45) is 5.92 Å². The first-order valence-electron chi connectivity index (χ1n) is 3.64. The number of amides is 1. The van der Waals surface area contributed by atoms with Gasteiger partial charge in [-0.1, -0.05) is 12.2 Å². The van der Waals surface area contributed by atoms with Gasteiger partial charge in [0.2, 0.25) is 0 Å². The molecule has 1 saturated heterocycles. The second kappa shape index (κ2) is 2.12. The molecule has 1 amide bonds. The molecule has 1 heterocycles. The normalized spacial score (nSPS) is 37.8. The number of allylic oxidation sites excluding steroid dienone is 1. The molecule has 0 aromatic rings. The summed E-state index contributed by atoms with van der Waals surface area (Å²) in [5, 5.41) is 11.5. The van der Waals surface area contributed by atoms with Gasteiger partial charge in [0, 0.05) is 5.92 Å². The summed E-state index contributed by atoms with van der Waals surface area (Å²) in [7, 11) is 0. The van der Waals surface area contributed by atoms with Crippen molar-refractivity contribution in [3.05, 3.63) is 24.0 Å². The number of hydrogen-bond acceptors (Lipinski definition) is 2. The van der Waals surface area contributed by atoms with Crippen molar-refractivity contribution in [2.75, 3.05) is 0 Å². The summed E-state index contributed by atoms with van der Waals surface area (Å²) in [6, 6.07) is 0.126. The lowest BCUT2D eigenvalue weighted by molar-refractivity contribution is -0.116. The Morgan fingerprint density at radius 1 is 1.73 bits per heavy atom. The van der Waals surface area contributed by atoms with Crippen LogP contribution >= 0.6 is 0 Å². The SMILES string of the molecule is O=C1N[C@@H]2C=CC[C@@H]2/C1=C\O. The first-order chi connectivity index (χ1) is 5.33. The summed E-state index contributed by atoms with van der Waals surface area (Å²) in [4.78, 5) is 11.0. The Balaban J connectivity index is 2.31. The molecule has 2 N–H and O–H groups in total. The summed E-state index contributed by atoms with van der Waals surface area (Å²) in [5.74, 6) is 0.0411. The molecule has 0 bridgehead atoms. The minimum absolute atomic E-state index is 0.126. The molecule has 2 aliphatic rings. The summed E-state index contributed by atoms with van der Waals surface area (Å²) in [5.41, 5.74) is 0.514. The van der Waals surface area contributed by atoms with Gasteiger partial charge in [0.25, 0.3) is 5.91 Å². The van der Waals surface area contributed by atoms with Crippen LogP contribution in [0.2, 0.25) is 0 Å². The first kappa shape index (κ1) is 6.46. The minimum Gasteiger partial charge on any atom is -0.515 e. The molecule has 0 aromatic carbocycles. The van der Waals surface area contributed by atoms with Crippen molar-refractivity contribution in [3.63, 3.8) is 0 Å². The molecule has 1 aliphatic heterocycles. The maximum atomic E-state index is 11.0. The third-order valence-corrected chi connectivity index (χ3v) is 2.27. The second-order valence-electron chi connectivity index (χ2n) is 2.85. The maximum Gasteiger partial charge on any atom is 0.251 e. The predicted molar refractivity (Wildman–Crippen MR) is 39.9 cm³/mol. The zero-order chi connectivity index (χ0) is 7.84. The lowest BCUT2D eigenvalue weighted by Crippen LogP contribution is -2.24. The monoisotopic (exact) mass is 151 g/mol. The van der Waals surface area contributed by atoms with Gasteiger partial charge in [0.05, 0.1) is 17.9 Å². The van der Waals surface area contributed by atoms with Gasteiger partial charge in [-0.05, 0) is 6.42 Å². The molecular formula is C8H9NO2. The molecule has 0 radical (unpaired) electrons. The van der Waals surface area contributed by atoms with Crippen LogP contribution in [0.3, 0.4) is 0 Å². The quantitative estimate of drug-likeness (QED) is 0.301. The third kappa shape index (κ3) is 0.770. The van der Waals surface area contributed by atoms with E-state index in [0.29, 0.717) is 5.57 Å². The van der Waals surface area contributed by atoms with Crippen molar-refractivity contribution in [3.8, 4) is 0 Å². The van der Waals surface area contributed by atoms with Gasteiger partial charge in [0.1, 0.15) is 0 Å². The van der Waals surface area contributed by atoms with Gasteiger partial charge in [-0.15, -0.1) is 0 Å². The number of aliphatic hydroxyl groups is 1. The van der Waals surface area contributed by atoms with Gasteiger partial charge >= 0.3 is 0 Å². The fourth-order valence-electron chi connectivity index (χ4n) is 1.68. The number of carbonyl (C=O) groups excluding carboxylic acids is 1. The Bertz CT molecular complexity index is 255. The zero-order valence-corrected chi connectivity index (χ0v) is 5.95. The van der Waals surface area contributed by atoms with Crippen molar-refractivity contribution < 1.29 is 9.90 Å². The highest BCUT2D eigenvalue weighted by Gasteiger charge is 2.37. The van der Waals surface area contributed by atoms with E-state index in [2.05, 4.69) is 5.32 Å². The Kier molecular flexibility index (Phi) is 1.24. The lowest BCUT2D eigenvalue weighted by atomic mass is 9.99. The van der Waals surface area contributed by atoms with E-state index in [1.54, 1.807) is 0 Å². The summed E-state index contributed by atoms with van der Waals surface area (Å²) >= 11 is 0. The highest BCUT2D eigenvalue weighted by molar-refractivity contribution is 5.97. The Hall–Kier alpha value is -1.25. The van der Waals surface area contributed by atoms with Crippen LogP contribution in [0.5, 0.6) is 0 Å². The minimum atomic E-state index is -0.133. The standard InChI is InChI=1S/C8H9NO2/c10-4-6-5-2-1-3-7(5)9-8(6)11/h1,3-5,7,10H,2H2,(H,9,11)/b6-4+/t5-,7-/m1/s1. The molecule has 0 aromatic heterocycles. The molecule has 2 atom stereocenters. The van der Waals surface area contributed by atoms with Crippen LogP contribution in [0.25, 0.3) is 0 Å². The predicted octanol–water partition coefficient (Wildman–Crippen LogP) is 0.503. The molecule has 11 heavy (non-hydrogen) atoms. The number of rotatable bonds is 0. The highest BCUT2D eigenvalue weighted by atomic mass is 16.2. The maximum absolute atomic E-state index is 11.0. The molecule has 2 rings (SSSR count). The van der Waals surface area contributed by atoms with Crippen LogP contribution in [-0.2, 0) is 4.79 Å². The van der Waals surface area contributed by atoms with Crippen LogP contribution in [0.15, 0.2) is 24.0 Å².